The third-order valence-electron chi connectivity index (χ3n) is 7.05. The number of benzene rings is 2. The number of aliphatic carboxylic acids is 1. The number of hydrogen-bond donors (Lipinski definition) is 3. The maximum absolute atomic E-state index is 13.0. The largest absolute Gasteiger partial charge is 0.481 e. The average Bonchev–Trinajstić information content (AvgIpc) is 3.49. The summed E-state index contributed by atoms with van der Waals surface area (Å²) in [6, 6.07) is 14.8. The zero-order valence-corrected chi connectivity index (χ0v) is 19.7. The lowest BCUT2D eigenvalue weighted by Gasteiger charge is -2.26. The van der Waals surface area contributed by atoms with Crippen molar-refractivity contribution >= 4 is 18.0 Å². The molecule has 2 aromatic rings. The van der Waals surface area contributed by atoms with Crippen LogP contribution in [0, 0.1) is 5.92 Å². The number of amides is 2. The van der Waals surface area contributed by atoms with Crippen LogP contribution in [0.3, 0.4) is 0 Å². The average molecular weight is 477 g/mol. The molecule has 2 amide bonds. The number of carboxylic acids is 1. The van der Waals surface area contributed by atoms with Gasteiger partial charge in [0.05, 0.1) is 6.42 Å². The molecule has 0 heterocycles. The Bertz CT molecular complexity index is 1050. The highest BCUT2D eigenvalue weighted by Crippen LogP contribution is 2.44. The molecule has 0 aliphatic heterocycles. The minimum absolute atomic E-state index is 0.0813. The second kappa shape index (κ2) is 11.2. The normalized spacial score (nSPS) is 16.6. The molecule has 0 radical (unpaired) electrons. The molecule has 3 N–H and O–H groups in total. The van der Waals surface area contributed by atoms with Gasteiger partial charge in [0.25, 0.3) is 0 Å². The van der Waals surface area contributed by atoms with E-state index in [0.717, 1.165) is 47.9 Å². The third kappa shape index (κ3) is 5.73. The number of carbonyl (C=O) groups is 3. The lowest BCUT2D eigenvalue weighted by atomic mass is 9.95. The molecule has 1 saturated carbocycles. The lowest BCUT2D eigenvalue weighted by Crippen LogP contribution is -2.51. The molecule has 0 aromatic heterocycles. The van der Waals surface area contributed by atoms with Crippen LogP contribution in [0.1, 0.15) is 55.6 Å². The molecular weight excluding hydrogens is 444 g/mol. The molecule has 2 aliphatic carbocycles. The summed E-state index contributed by atoms with van der Waals surface area (Å²) in [5, 5.41) is 14.8. The van der Waals surface area contributed by atoms with E-state index >= 15 is 0 Å². The highest BCUT2D eigenvalue weighted by molar-refractivity contribution is 5.86. The molecule has 4 rings (SSSR count). The topological polar surface area (TPSA) is 105 Å². The summed E-state index contributed by atoms with van der Waals surface area (Å²) in [6.07, 6.45) is 4.78. The SMILES string of the molecule is C=CCC(NC(=O)OCC1c2ccccc2-c2ccccc21)C(=O)NC(CC(=O)O)C1CCCC1. The lowest BCUT2D eigenvalue weighted by molar-refractivity contribution is -0.138. The van der Waals surface area contributed by atoms with Crippen LogP contribution in [0.25, 0.3) is 11.1 Å². The number of rotatable bonds is 10. The van der Waals surface area contributed by atoms with E-state index in [2.05, 4.69) is 29.3 Å². The fourth-order valence-electron chi connectivity index (χ4n) is 5.35. The molecule has 2 unspecified atom stereocenters. The Labute approximate surface area is 205 Å². The quantitative estimate of drug-likeness (QED) is 0.434. The van der Waals surface area contributed by atoms with Gasteiger partial charge in [-0.3, -0.25) is 9.59 Å². The highest BCUT2D eigenvalue weighted by Gasteiger charge is 2.32. The van der Waals surface area contributed by atoms with Crippen molar-refractivity contribution in [1.29, 1.82) is 0 Å². The summed E-state index contributed by atoms with van der Waals surface area (Å²) in [5.74, 6) is -1.32. The van der Waals surface area contributed by atoms with Gasteiger partial charge in [-0.1, -0.05) is 67.4 Å². The van der Waals surface area contributed by atoms with Crippen molar-refractivity contribution < 1.29 is 24.2 Å². The zero-order chi connectivity index (χ0) is 24.8. The van der Waals surface area contributed by atoms with Gasteiger partial charge in [-0.2, -0.15) is 0 Å². The monoisotopic (exact) mass is 476 g/mol. The van der Waals surface area contributed by atoms with Crippen LogP contribution in [0.4, 0.5) is 4.79 Å². The molecule has 184 valence electrons. The second-order valence-corrected chi connectivity index (χ2v) is 9.30. The van der Waals surface area contributed by atoms with Crippen LogP contribution in [0.2, 0.25) is 0 Å². The first kappa shape index (κ1) is 24.5. The fourth-order valence-corrected chi connectivity index (χ4v) is 5.35. The number of fused-ring (bicyclic) bond motifs is 3. The van der Waals surface area contributed by atoms with Crippen molar-refractivity contribution in [3.63, 3.8) is 0 Å². The Hall–Kier alpha value is -3.61. The van der Waals surface area contributed by atoms with Gasteiger partial charge in [0.1, 0.15) is 12.6 Å². The van der Waals surface area contributed by atoms with Crippen LogP contribution in [0.15, 0.2) is 61.2 Å². The van der Waals surface area contributed by atoms with Gasteiger partial charge in [-0.05, 0) is 47.4 Å². The molecule has 0 saturated heterocycles. The predicted octanol–water partition coefficient (Wildman–Crippen LogP) is 4.62. The minimum Gasteiger partial charge on any atom is -0.481 e. The Kier molecular flexibility index (Phi) is 7.85. The summed E-state index contributed by atoms with van der Waals surface area (Å²) < 4.78 is 5.58. The maximum Gasteiger partial charge on any atom is 0.407 e. The molecule has 0 spiro atoms. The Morgan fingerprint density at radius 2 is 1.60 bits per heavy atom. The van der Waals surface area contributed by atoms with E-state index in [-0.39, 0.29) is 31.3 Å². The number of carboxylic acid groups (broad SMARTS) is 1. The van der Waals surface area contributed by atoms with E-state index in [4.69, 9.17) is 4.74 Å². The van der Waals surface area contributed by atoms with Gasteiger partial charge < -0.3 is 20.5 Å². The standard InChI is InChI=1S/C28H32N2O5/c1-2-9-24(27(33)29-25(16-26(31)32)18-10-3-4-11-18)30-28(34)35-17-23-21-14-7-5-12-19(21)20-13-6-8-15-22(20)23/h2,5-8,12-15,18,23-25H,1,3-4,9-11,16-17H2,(H,29,33)(H,30,34)(H,31,32). The predicted molar refractivity (Wildman–Crippen MR) is 133 cm³/mol. The van der Waals surface area contributed by atoms with Crippen molar-refractivity contribution in [2.75, 3.05) is 6.61 Å². The van der Waals surface area contributed by atoms with Crippen LogP contribution in [0.5, 0.6) is 0 Å². The Morgan fingerprint density at radius 3 is 2.17 bits per heavy atom. The molecule has 7 heteroatoms. The van der Waals surface area contributed by atoms with E-state index in [1.165, 1.54) is 0 Å². The number of hydrogen-bond acceptors (Lipinski definition) is 4. The van der Waals surface area contributed by atoms with E-state index in [1.807, 2.05) is 36.4 Å². The van der Waals surface area contributed by atoms with E-state index < -0.39 is 30.1 Å². The van der Waals surface area contributed by atoms with Gasteiger partial charge >= 0.3 is 12.1 Å². The summed E-state index contributed by atoms with van der Waals surface area (Å²) >= 11 is 0. The first-order chi connectivity index (χ1) is 17.0. The molecule has 2 aromatic carbocycles. The van der Waals surface area contributed by atoms with Gasteiger partial charge in [0, 0.05) is 12.0 Å². The van der Waals surface area contributed by atoms with Crippen molar-refractivity contribution in [3.8, 4) is 11.1 Å². The smallest absolute Gasteiger partial charge is 0.407 e. The number of alkyl carbamates (subject to hydrolysis) is 1. The van der Waals surface area contributed by atoms with Gasteiger partial charge in [0.2, 0.25) is 5.91 Å². The molecule has 1 fully saturated rings. The highest BCUT2D eigenvalue weighted by atomic mass is 16.5. The minimum atomic E-state index is -0.952. The van der Waals surface area contributed by atoms with Crippen molar-refractivity contribution in [3.05, 3.63) is 72.3 Å². The summed E-state index contributed by atoms with van der Waals surface area (Å²) in [4.78, 5) is 37.0. The number of nitrogens with one attached hydrogen (secondary N) is 2. The molecular formula is C28H32N2O5. The Morgan fingerprint density at radius 1 is 1.00 bits per heavy atom. The summed E-state index contributed by atoms with van der Waals surface area (Å²) in [6.45, 7) is 3.83. The van der Waals surface area contributed by atoms with E-state index in [9.17, 15) is 19.5 Å². The van der Waals surface area contributed by atoms with Crippen LogP contribution in [-0.4, -0.2) is 41.8 Å². The number of carbonyl (C=O) groups excluding carboxylic acids is 2. The second-order valence-electron chi connectivity index (χ2n) is 9.30. The van der Waals surface area contributed by atoms with Gasteiger partial charge in [0.15, 0.2) is 0 Å². The van der Waals surface area contributed by atoms with Crippen LogP contribution < -0.4 is 10.6 Å². The first-order valence-electron chi connectivity index (χ1n) is 12.2. The van der Waals surface area contributed by atoms with Crippen molar-refractivity contribution in [1.82, 2.24) is 10.6 Å². The molecule has 0 bridgehead atoms. The van der Waals surface area contributed by atoms with Crippen LogP contribution >= 0.6 is 0 Å². The molecule has 7 nitrogen and oxygen atoms in total. The molecule has 2 atom stereocenters. The third-order valence-corrected chi connectivity index (χ3v) is 7.05. The Balaban J connectivity index is 1.39. The maximum atomic E-state index is 13.0. The molecule has 2 aliphatic rings. The van der Waals surface area contributed by atoms with Crippen LogP contribution in [-0.2, 0) is 14.3 Å². The summed E-state index contributed by atoms with van der Waals surface area (Å²) in [5.41, 5.74) is 4.49. The number of ether oxygens (including phenoxy) is 1. The van der Waals surface area contributed by atoms with Crippen molar-refractivity contribution in [2.24, 2.45) is 5.92 Å². The van der Waals surface area contributed by atoms with E-state index in [0.29, 0.717) is 0 Å². The van der Waals surface area contributed by atoms with Gasteiger partial charge in [-0.25, -0.2) is 4.79 Å². The zero-order valence-electron chi connectivity index (χ0n) is 19.7. The van der Waals surface area contributed by atoms with E-state index in [1.54, 1.807) is 6.08 Å². The molecule has 35 heavy (non-hydrogen) atoms. The van der Waals surface area contributed by atoms with Crippen molar-refractivity contribution in [2.45, 2.75) is 56.5 Å². The first-order valence-corrected chi connectivity index (χ1v) is 12.2. The fraction of sp³-hybridized carbons (Fsp3) is 0.393. The summed E-state index contributed by atoms with van der Waals surface area (Å²) in [7, 11) is 0. The van der Waals surface area contributed by atoms with Gasteiger partial charge in [-0.15, -0.1) is 6.58 Å².